The number of halogens is 1. The summed E-state index contributed by atoms with van der Waals surface area (Å²) in [6.07, 6.45) is 1.49. The topological polar surface area (TPSA) is 55.5 Å². The molecule has 4 heteroatoms. The summed E-state index contributed by atoms with van der Waals surface area (Å²) < 4.78 is 6.31. The van der Waals surface area contributed by atoms with Crippen LogP contribution in [0.25, 0.3) is 0 Å². The van der Waals surface area contributed by atoms with Gasteiger partial charge < -0.3 is 15.6 Å². The molecular formula is C12H16BrNO2. The Balaban J connectivity index is 2.15. The molecule has 1 fully saturated rings. The Hall–Kier alpha value is -0.580. The number of nitrogen functional groups attached to an aromatic ring is 1. The molecule has 0 spiro atoms. The molecule has 0 aliphatic carbocycles. The Kier molecular flexibility index (Phi) is 3.84. The van der Waals surface area contributed by atoms with E-state index in [0.717, 1.165) is 29.5 Å². The normalized spacial score (nSPS) is 23.0. The Morgan fingerprint density at radius 3 is 2.94 bits per heavy atom. The third-order valence-electron chi connectivity index (χ3n) is 3.01. The molecule has 0 saturated carbocycles. The molecule has 3 nitrogen and oxygen atoms in total. The largest absolute Gasteiger partial charge is 0.398 e. The first-order valence-electron chi connectivity index (χ1n) is 5.49. The van der Waals surface area contributed by atoms with Crippen LogP contribution in [0.15, 0.2) is 22.7 Å². The van der Waals surface area contributed by atoms with Crippen molar-refractivity contribution in [1.29, 1.82) is 0 Å². The second-order valence-electron chi connectivity index (χ2n) is 4.20. The summed E-state index contributed by atoms with van der Waals surface area (Å²) in [5.41, 5.74) is 7.33. The summed E-state index contributed by atoms with van der Waals surface area (Å²) >= 11 is 3.36. The molecule has 1 aliphatic heterocycles. The molecule has 1 aromatic carbocycles. The van der Waals surface area contributed by atoms with Gasteiger partial charge in [-0.3, -0.25) is 0 Å². The molecule has 88 valence electrons. The van der Waals surface area contributed by atoms with Crippen molar-refractivity contribution in [1.82, 2.24) is 0 Å². The van der Waals surface area contributed by atoms with Crippen molar-refractivity contribution in [3.05, 3.63) is 28.2 Å². The highest BCUT2D eigenvalue weighted by atomic mass is 79.9. The van der Waals surface area contributed by atoms with Crippen LogP contribution in [0.5, 0.6) is 0 Å². The zero-order valence-corrected chi connectivity index (χ0v) is 10.6. The fraction of sp³-hybridized carbons (Fsp3) is 0.500. The predicted molar refractivity (Wildman–Crippen MR) is 67.1 cm³/mol. The summed E-state index contributed by atoms with van der Waals surface area (Å²) in [6, 6.07) is 5.60. The molecule has 1 aliphatic rings. The number of rotatable bonds is 2. The third kappa shape index (κ3) is 2.56. The maximum absolute atomic E-state index is 10.2. The minimum atomic E-state index is -0.520. The van der Waals surface area contributed by atoms with E-state index in [4.69, 9.17) is 10.5 Å². The standard InChI is InChI=1S/C12H16BrNO2/c13-9-3-4-10(11(14)6-9)12(15)8-2-1-5-16-7-8/h3-4,6,8,12,15H,1-2,5,7,14H2. The van der Waals surface area contributed by atoms with Gasteiger partial charge in [0.1, 0.15) is 0 Å². The fourth-order valence-corrected chi connectivity index (χ4v) is 2.46. The highest BCUT2D eigenvalue weighted by Gasteiger charge is 2.24. The number of aliphatic hydroxyl groups is 1. The lowest BCUT2D eigenvalue weighted by atomic mass is 9.90. The van der Waals surface area contributed by atoms with Crippen LogP contribution >= 0.6 is 15.9 Å². The first-order valence-corrected chi connectivity index (χ1v) is 6.28. The van der Waals surface area contributed by atoms with Crippen molar-refractivity contribution in [2.45, 2.75) is 18.9 Å². The van der Waals surface area contributed by atoms with Gasteiger partial charge in [0.15, 0.2) is 0 Å². The maximum Gasteiger partial charge on any atom is 0.0860 e. The predicted octanol–water partition coefficient (Wildman–Crippen LogP) is 2.49. The second kappa shape index (κ2) is 5.17. The molecule has 1 heterocycles. The minimum Gasteiger partial charge on any atom is -0.398 e. The average molecular weight is 286 g/mol. The van der Waals surface area contributed by atoms with Crippen LogP contribution in [0.4, 0.5) is 5.69 Å². The van der Waals surface area contributed by atoms with Gasteiger partial charge in [-0.05, 0) is 25.0 Å². The Morgan fingerprint density at radius 1 is 1.50 bits per heavy atom. The molecule has 3 N–H and O–H groups in total. The van der Waals surface area contributed by atoms with E-state index in [1.807, 2.05) is 18.2 Å². The van der Waals surface area contributed by atoms with Crippen LogP contribution in [0.2, 0.25) is 0 Å². The lowest BCUT2D eigenvalue weighted by molar-refractivity contribution is -0.00969. The zero-order chi connectivity index (χ0) is 11.5. The Labute approximate surface area is 104 Å². The van der Waals surface area contributed by atoms with Gasteiger partial charge in [0.25, 0.3) is 0 Å². The molecule has 0 bridgehead atoms. The van der Waals surface area contributed by atoms with Crippen molar-refractivity contribution >= 4 is 21.6 Å². The molecule has 2 rings (SSSR count). The summed E-state index contributed by atoms with van der Waals surface area (Å²) in [6.45, 7) is 1.43. The van der Waals surface area contributed by atoms with Gasteiger partial charge >= 0.3 is 0 Å². The molecule has 0 aromatic heterocycles. The van der Waals surface area contributed by atoms with Crippen LogP contribution < -0.4 is 5.73 Å². The SMILES string of the molecule is Nc1cc(Br)ccc1C(O)C1CCCOC1. The average Bonchev–Trinajstić information content (AvgIpc) is 2.29. The zero-order valence-electron chi connectivity index (χ0n) is 9.03. The quantitative estimate of drug-likeness (QED) is 0.821. The smallest absolute Gasteiger partial charge is 0.0860 e. The van der Waals surface area contributed by atoms with E-state index < -0.39 is 6.10 Å². The van der Waals surface area contributed by atoms with Crippen molar-refractivity contribution in [2.75, 3.05) is 18.9 Å². The van der Waals surface area contributed by atoms with Gasteiger partial charge in [-0.15, -0.1) is 0 Å². The lowest BCUT2D eigenvalue weighted by Gasteiger charge is -2.27. The number of hydrogen-bond acceptors (Lipinski definition) is 3. The third-order valence-corrected chi connectivity index (χ3v) is 3.50. The molecule has 2 atom stereocenters. The molecule has 16 heavy (non-hydrogen) atoms. The van der Waals surface area contributed by atoms with Crippen LogP contribution in [0, 0.1) is 5.92 Å². The Morgan fingerprint density at radius 2 is 2.31 bits per heavy atom. The van der Waals surface area contributed by atoms with Gasteiger partial charge in [-0.25, -0.2) is 0 Å². The first kappa shape index (κ1) is 11.9. The number of aliphatic hydroxyl groups excluding tert-OH is 1. The second-order valence-corrected chi connectivity index (χ2v) is 5.11. The Bertz CT molecular complexity index is 364. The number of benzene rings is 1. The summed E-state index contributed by atoms with van der Waals surface area (Å²) in [7, 11) is 0. The minimum absolute atomic E-state index is 0.164. The van der Waals surface area contributed by atoms with E-state index in [1.165, 1.54) is 0 Å². The number of hydrogen-bond donors (Lipinski definition) is 2. The van der Waals surface area contributed by atoms with E-state index in [0.29, 0.717) is 12.3 Å². The highest BCUT2D eigenvalue weighted by Crippen LogP contribution is 2.32. The highest BCUT2D eigenvalue weighted by molar-refractivity contribution is 9.10. The summed E-state index contributed by atoms with van der Waals surface area (Å²) in [5.74, 6) is 0.164. The van der Waals surface area contributed by atoms with Crippen LogP contribution in [0.3, 0.4) is 0 Å². The molecule has 2 unspecified atom stereocenters. The summed E-state index contributed by atoms with van der Waals surface area (Å²) in [5, 5.41) is 10.2. The monoisotopic (exact) mass is 285 g/mol. The molecular weight excluding hydrogens is 270 g/mol. The number of anilines is 1. The molecule has 0 radical (unpaired) electrons. The molecule has 1 saturated heterocycles. The van der Waals surface area contributed by atoms with Crippen LogP contribution in [-0.2, 0) is 4.74 Å². The van der Waals surface area contributed by atoms with E-state index in [9.17, 15) is 5.11 Å². The first-order chi connectivity index (χ1) is 7.68. The van der Waals surface area contributed by atoms with Gasteiger partial charge in [0, 0.05) is 28.2 Å². The van der Waals surface area contributed by atoms with Crippen LogP contribution in [-0.4, -0.2) is 18.3 Å². The maximum atomic E-state index is 10.2. The molecule has 0 amide bonds. The summed E-state index contributed by atoms with van der Waals surface area (Å²) in [4.78, 5) is 0. The van der Waals surface area contributed by atoms with E-state index in [2.05, 4.69) is 15.9 Å². The lowest BCUT2D eigenvalue weighted by Crippen LogP contribution is -2.24. The van der Waals surface area contributed by atoms with Crippen molar-refractivity contribution in [2.24, 2.45) is 5.92 Å². The van der Waals surface area contributed by atoms with E-state index in [1.54, 1.807) is 0 Å². The molecule has 1 aromatic rings. The van der Waals surface area contributed by atoms with Gasteiger partial charge in [-0.1, -0.05) is 22.0 Å². The van der Waals surface area contributed by atoms with Crippen molar-refractivity contribution < 1.29 is 9.84 Å². The van der Waals surface area contributed by atoms with Crippen LogP contribution in [0.1, 0.15) is 24.5 Å². The van der Waals surface area contributed by atoms with Crippen molar-refractivity contribution in [3.8, 4) is 0 Å². The fourth-order valence-electron chi connectivity index (χ4n) is 2.08. The van der Waals surface area contributed by atoms with Gasteiger partial charge in [0.05, 0.1) is 12.7 Å². The van der Waals surface area contributed by atoms with Gasteiger partial charge in [0.2, 0.25) is 0 Å². The number of nitrogens with two attached hydrogens (primary N) is 1. The van der Waals surface area contributed by atoms with Gasteiger partial charge in [-0.2, -0.15) is 0 Å². The van der Waals surface area contributed by atoms with E-state index in [-0.39, 0.29) is 5.92 Å². The number of ether oxygens (including phenoxy) is 1. The van der Waals surface area contributed by atoms with E-state index >= 15 is 0 Å². The van der Waals surface area contributed by atoms with Crippen molar-refractivity contribution in [3.63, 3.8) is 0 Å².